The maximum Gasteiger partial charge on any atom is 0.0314 e. The van der Waals surface area contributed by atoms with Gasteiger partial charge in [0.25, 0.3) is 0 Å². The zero-order valence-corrected chi connectivity index (χ0v) is 10.6. The van der Waals surface area contributed by atoms with Gasteiger partial charge in [-0.05, 0) is 49.5 Å². The van der Waals surface area contributed by atoms with Gasteiger partial charge in [-0.25, -0.2) is 0 Å². The van der Waals surface area contributed by atoms with Gasteiger partial charge in [0.2, 0.25) is 0 Å². The molecule has 0 saturated heterocycles. The zero-order chi connectivity index (χ0) is 12.7. The van der Waals surface area contributed by atoms with Gasteiger partial charge in [0.15, 0.2) is 0 Å². The van der Waals surface area contributed by atoms with Crippen LogP contribution in [-0.4, -0.2) is 0 Å². The Hall–Kier alpha value is -1.76. The van der Waals surface area contributed by atoms with Gasteiger partial charge >= 0.3 is 0 Å². The molecular formula is C16H21N. The van der Waals surface area contributed by atoms with Crippen molar-refractivity contribution in [3.05, 3.63) is 66.3 Å². The lowest BCUT2D eigenvalue weighted by molar-refractivity contribution is 0.939. The van der Waals surface area contributed by atoms with E-state index in [1.54, 1.807) is 0 Å². The van der Waals surface area contributed by atoms with E-state index in [1.807, 2.05) is 24.3 Å². The first kappa shape index (κ1) is 13.3. The average Bonchev–Trinajstić information content (AvgIpc) is 2.32. The molecule has 1 nitrogen and oxygen atoms in total. The van der Waals surface area contributed by atoms with Crippen molar-refractivity contribution >= 4 is 5.69 Å². The second-order valence-corrected chi connectivity index (χ2v) is 4.24. The summed E-state index contributed by atoms with van der Waals surface area (Å²) in [6, 6.07) is 8.06. The van der Waals surface area contributed by atoms with E-state index >= 15 is 0 Å². The Labute approximate surface area is 104 Å². The van der Waals surface area contributed by atoms with Crippen LogP contribution in [0.3, 0.4) is 0 Å². The highest BCUT2D eigenvalue weighted by atomic mass is 14.5. The van der Waals surface area contributed by atoms with Crippen LogP contribution in [0.2, 0.25) is 0 Å². The Bertz CT molecular complexity index is 410. The third-order valence-corrected chi connectivity index (χ3v) is 2.91. The standard InChI is InChI=1S/C16H21N/c1-4-6-13(3)15(5-2)10-7-14-8-11-16(17)12-9-14/h4-5,8-9,11-12H,1-2,6-7,10,17H2,3H3/b15-13-. The molecule has 1 aromatic carbocycles. The van der Waals surface area contributed by atoms with Crippen LogP contribution >= 0.6 is 0 Å². The Morgan fingerprint density at radius 1 is 1.24 bits per heavy atom. The zero-order valence-electron chi connectivity index (χ0n) is 10.6. The number of benzene rings is 1. The number of hydrogen-bond donors (Lipinski definition) is 1. The molecule has 0 aromatic heterocycles. The first-order valence-corrected chi connectivity index (χ1v) is 5.93. The number of nitrogen functional groups attached to an aromatic ring is 1. The molecule has 0 aliphatic heterocycles. The third-order valence-electron chi connectivity index (χ3n) is 2.91. The SMILES string of the molecule is C=CC/C(C)=C(/C=C)CCc1ccc(N)cc1. The van der Waals surface area contributed by atoms with Gasteiger partial charge in [0.1, 0.15) is 0 Å². The van der Waals surface area contributed by atoms with Gasteiger partial charge < -0.3 is 5.73 Å². The van der Waals surface area contributed by atoms with Crippen LogP contribution in [0.1, 0.15) is 25.3 Å². The van der Waals surface area contributed by atoms with Gasteiger partial charge in [-0.15, -0.1) is 6.58 Å². The molecule has 0 saturated carbocycles. The summed E-state index contributed by atoms with van der Waals surface area (Å²) in [5.74, 6) is 0. The lowest BCUT2D eigenvalue weighted by Crippen LogP contribution is -1.91. The molecule has 1 aromatic rings. The van der Waals surface area contributed by atoms with Gasteiger partial charge in [-0.2, -0.15) is 0 Å². The molecule has 1 heteroatoms. The van der Waals surface area contributed by atoms with Gasteiger partial charge in [0.05, 0.1) is 0 Å². The Morgan fingerprint density at radius 3 is 2.41 bits per heavy atom. The van der Waals surface area contributed by atoms with E-state index in [9.17, 15) is 0 Å². The highest BCUT2D eigenvalue weighted by molar-refractivity contribution is 5.39. The molecular weight excluding hydrogens is 206 g/mol. The predicted molar refractivity (Wildman–Crippen MR) is 76.9 cm³/mol. The van der Waals surface area contributed by atoms with E-state index in [-0.39, 0.29) is 0 Å². The first-order chi connectivity index (χ1) is 8.17. The maximum atomic E-state index is 5.66. The number of rotatable bonds is 6. The van der Waals surface area contributed by atoms with Crippen molar-refractivity contribution in [1.82, 2.24) is 0 Å². The summed E-state index contributed by atoms with van der Waals surface area (Å²) < 4.78 is 0. The molecule has 0 aliphatic rings. The lowest BCUT2D eigenvalue weighted by atomic mass is 9.99. The van der Waals surface area contributed by atoms with Crippen LogP contribution in [0, 0.1) is 0 Å². The minimum Gasteiger partial charge on any atom is -0.399 e. The van der Waals surface area contributed by atoms with Gasteiger partial charge in [0, 0.05) is 5.69 Å². The summed E-state index contributed by atoms with van der Waals surface area (Å²) in [5.41, 5.74) is 10.5. The fourth-order valence-electron chi connectivity index (χ4n) is 1.80. The minimum absolute atomic E-state index is 0.816. The van der Waals surface area contributed by atoms with Crippen LogP contribution in [0.4, 0.5) is 5.69 Å². The van der Waals surface area contributed by atoms with Crippen LogP contribution in [0.15, 0.2) is 60.7 Å². The molecule has 0 unspecified atom stereocenters. The van der Waals surface area contributed by atoms with Crippen molar-refractivity contribution < 1.29 is 0 Å². The van der Waals surface area contributed by atoms with Gasteiger partial charge in [-0.1, -0.05) is 36.4 Å². The fraction of sp³-hybridized carbons (Fsp3) is 0.250. The molecule has 0 atom stereocenters. The Balaban J connectivity index is 2.65. The van der Waals surface area contributed by atoms with Crippen LogP contribution in [0.25, 0.3) is 0 Å². The van der Waals surface area contributed by atoms with Crippen molar-refractivity contribution in [2.24, 2.45) is 0 Å². The molecule has 0 bridgehead atoms. The van der Waals surface area contributed by atoms with Crippen molar-refractivity contribution in [2.45, 2.75) is 26.2 Å². The van der Waals surface area contributed by atoms with E-state index < -0.39 is 0 Å². The Kier molecular flexibility index (Phi) is 5.28. The second kappa shape index (κ2) is 6.74. The molecule has 0 heterocycles. The van der Waals surface area contributed by atoms with Crippen molar-refractivity contribution in [2.75, 3.05) is 5.73 Å². The number of allylic oxidation sites excluding steroid dienone is 4. The van der Waals surface area contributed by atoms with Crippen molar-refractivity contribution in [1.29, 1.82) is 0 Å². The summed E-state index contributed by atoms with van der Waals surface area (Å²) in [7, 11) is 0. The normalized spacial score (nSPS) is 11.8. The maximum absolute atomic E-state index is 5.66. The summed E-state index contributed by atoms with van der Waals surface area (Å²) in [6.07, 6.45) is 6.87. The van der Waals surface area contributed by atoms with Crippen LogP contribution < -0.4 is 5.73 Å². The molecule has 2 N–H and O–H groups in total. The summed E-state index contributed by atoms with van der Waals surface area (Å²) in [5, 5.41) is 0. The van der Waals surface area contributed by atoms with E-state index in [0.29, 0.717) is 0 Å². The molecule has 1 rings (SSSR count). The third kappa shape index (κ3) is 4.31. The molecule has 17 heavy (non-hydrogen) atoms. The van der Waals surface area contributed by atoms with Crippen molar-refractivity contribution in [3.63, 3.8) is 0 Å². The summed E-state index contributed by atoms with van der Waals surface area (Å²) in [4.78, 5) is 0. The minimum atomic E-state index is 0.816. The number of nitrogens with two attached hydrogens (primary N) is 1. The number of anilines is 1. The summed E-state index contributed by atoms with van der Waals surface area (Å²) in [6.45, 7) is 9.78. The highest BCUT2D eigenvalue weighted by Crippen LogP contribution is 2.17. The largest absolute Gasteiger partial charge is 0.399 e. The lowest BCUT2D eigenvalue weighted by Gasteiger charge is -2.07. The molecule has 90 valence electrons. The molecule has 0 radical (unpaired) electrons. The average molecular weight is 227 g/mol. The van der Waals surface area contributed by atoms with E-state index in [2.05, 4.69) is 32.2 Å². The monoisotopic (exact) mass is 227 g/mol. The van der Waals surface area contributed by atoms with Crippen LogP contribution in [-0.2, 0) is 6.42 Å². The topological polar surface area (TPSA) is 26.0 Å². The van der Waals surface area contributed by atoms with Gasteiger partial charge in [-0.3, -0.25) is 0 Å². The molecule has 0 spiro atoms. The first-order valence-electron chi connectivity index (χ1n) is 5.93. The van der Waals surface area contributed by atoms with E-state index in [0.717, 1.165) is 24.9 Å². The Morgan fingerprint density at radius 2 is 1.88 bits per heavy atom. The smallest absolute Gasteiger partial charge is 0.0314 e. The quantitative estimate of drug-likeness (QED) is 0.438. The highest BCUT2D eigenvalue weighted by Gasteiger charge is 1.99. The number of hydrogen-bond acceptors (Lipinski definition) is 1. The van der Waals surface area contributed by atoms with Crippen LogP contribution in [0.5, 0.6) is 0 Å². The fourth-order valence-corrected chi connectivity index (χ4v) is 1.80. The van der Waals surface area contributed by atoms with Crippen molar-refractivity contribution in [3.8, 4) is 0 Å². The second-order valence-electron chi connectivity index (χ2n) is 4.24. The number of aryl methyl sites for hydroxylation is 1. The molecule has 0 aliphatic carbocycles. The van der Waals surface area contributed by atoms with E-state index in [4.69, 9.17) is 5.73 Å². The van der Waals surface area contributed by atoms with E-state index in [1.165, 1.54) is 16.7 Å². The molecule has 0 amide bonds. The predicted octanol–water partition coefficient (Wildman–Crippen LogP) is 4.28. The molecule has 0 fully saturated rings. The summed E-state index contributed by atoms with van der Waals surface area (Å²) >= 11 is 0.